The zero-order chi connectivity index (χ0) is 22.2. The summed E-state index contributed by atoms with van der Waals surface area (Å²) < 4.78 is 1.84. The quantitative estimate of drug-likeness (QED) is 0.282. The highest BCUT2D eigenvalue weighted by Crippen LogP contribution is 2.26. The van der Waals surface area contributed by atoms with Gasteiger partial charge >= 0.3 is 0 Å². The number of carbonyl (C=O) groups is 1. The Morgan fingerprint density at radius 3 is 2.65 bits per heavy atom. The van der Waals surface area contributed by atoms with E-state index in [2.05, 4.69) is 27.6 Å². The Hall–Kier alpha value is -3.20. The fraction of sp³-hybridized carbons (Fsp3) is 0.318. The average Bonchev–Trinajstić information content (AvgIpc) is 3.17. The van der Waals surface area contributed by atoms with Crippen molar-refractivity contribution in [1.82, 2.24) is 20.1 Å². The van der Waals surface area contributed by atoms with E-state index >= 15 is 0 Å². The van der Waals surface area contributed by atoms with Crippen LogP contribution in [0.3, 0.4) is 0 Å². The number of aromatic nitrogens is 3. The highest BCUT2D eigenvalue weighted by molar-refractivity contribution is 7.98. The van der Waals surface area contributed by atoms with Crippen molar-refractivity contribution < 1.29 is 9.72 Å². The molecule has 31 heavy (non-hydrogen) atoms. The molecule has 0 radical (unpaired) electrons. The van der Waals surface area contributed by atoms with Crippen molar-refractivity contribution >= 4 is 23.4 Å². The number of unbranched alkanes of at least 4 members (excludes halogenated alkanes) is 1. The van der Waals surface area contributed by atoms with Gasteiger partial charge in [-0.25, -0.2) is 0 Å². The SMILES string of the molecule is CCCCC(=O)NCc1nnc(SCc2cccc(C)c2)n1-c1ccc([N+](=O)[O-])cc1. The first-order valence-electron chi connectivity index (χ1n) is 10.1. The number of thioether (sulfide) groups is 1. The van der Waals surface area contributed by atoms with Crippen LogP contribution in [-0.2, 0) is 17.1 Å². The van der Waals surface area contributed by atoms with Crippen molar-refractivity contribution in [3.05, 3.63) is 75.6 Å². The summed E-state index contributed by atoms with van der Waals surface area (Å²) in [4.78, 5) is 22.6. The van der Waals surface area contributed by atoms with Crippen LogP contribution in [0.1, 0.15) is 43.1 Å². The van der Waals surface area contributed by atoms with Crippen molar-refractivity contribution in [2.24, 2.45) is 0 Å². The Balaban J connectivity index is 1.84. The van der Waals surface area contributed by atoms with E-state index in [-0.39, 0.29) is 18.1 Å². The Labute approximate surface area is 185 Å². The molecule has 3 aromatic rings. The molecule has 1 aromatic heterocycles. The molecular weight excluding hydrogens is 414 g/mol. The van der Waals surface area contributed by atoms with Crippen LogP contribution in [0.25, 0.3) is 5.69 Å². The lowest BCUT2D eigenvalue weighted by molar-refractivity contribution is -0.384. The number of hydrogen-bond acceptors (Lipinski definition) is 6. The molecule has 0 unspecified atom stereocenters. The first-order valence-corrected chi connectivity index (χ1v) is 11.1. The van der Waals surface area contributed by atoms with Gasteiger partial charge < -0.3 is 5.32 Å². The molecule has 8 nitrogen and oxygen atoms in total. The summed E-state index contributed by atoms with van der Waals surface area (Å²) in [6, 6.07) is 14.5. The van der Waals surface area contributed by atoms with E-state index in [1.807, 2.05) is 30.5 Å². The zero-order valence-corrected chi connectivity index (χ0v) is 18.4. The number of benzene rings is 2. The third-order valence-electron chi connectivity index (χ3n) is 4.67. The summed E-state index contributed by atoms with van der Waals surface area (Å²) in [6.07, 6.45) is 2.25. The molecule has 0 aliphatic rings. The molecule has 0 saturated carbocycles. The molecule has 162 valence electrons. The third kappa shape index (κ3) is 6.14. The van der Waals surface area contributed by atoms with Crippen molar-refractivity contribution in [2.75, 3.05) is 0 Å². The van der Waals surface area contributed by atoms with Gasteiger partial charge in [-0.1, -0.05) is 54.9 Å². The molecule has 0 saturated heterocycles. The predicted molar refractivity (Wildman–Crippen MR) is 120 cm³/mol. The second kappa shape index (κ2) is 10.7. The maximum atomic E-state index is 12.0. The van der Waals surface area contributed by atoms with Gasteiger partial charge in [-0.2, -0.15) is 0 Å². The summed E-state index contributed by atoms with van der Waals surface area (Å²) in [6.45, 7) is 4.32. The third-order valence-corrected chi connectivity index (χ3v) is 5.67. The highest BCUT2D eigenvalue weighted by Gasteiger charge is 2.16. The van der Waals surface area contributed by atoms with Crippen LogP contribution in [0, 0.1) is 17.0 Å². The lowest BCUT2D eigenvalue weighted by atomic mass is 10.2. The maximum absolute atomic E-state index is 12.0. The van der Waals surface area contributed by atoms with E-state index in [9.17, 15) is 14.9 Å². The zero-order valence-electron chi connectivity index (χ0n) is 17.6. The molecule has 0 atom stereocenters. The fourth-order valence-corrected chi connectivity index (χ4v) is 3.96. The Kier molecular flexibility index (Phi) is 7.77. The summed E-state index contributed by atoms with van der Waals surface area (Å²) in [7, 11) is 0. The summed E-state index contributed by atoms with van der Waals surface area (Å²) in [5.41, 5.74) is 3.07. The maximum Gasteiger partial charge on any atom is 0.269 e. The van der Waals surface area contributed by atoms with E-state index < -0.39 is 4.92 Å². The van der Waals surface area contributed by atoms with Gasteiger partial charge in [0.1, 0.15) is 0 Å². The number of nitrogens with one attached hydrogen (secondary N) is 1. The molecule has 3 rings (SSSR count). The van der Waals surface area contributed by atoms with Crippen LogP contribution in [0.2, 0.25) is 0 Å². The Bertz CT molecular complexity index is 1050. The summed E-state index contributed by atoms with van der Waals surface area (Å²) >= 11 is 1.53. The molecule has 0 spiro atoms. The highest BCUT2D eigenvalue weighted by atomic mass is 32.2. The van der Waals surface area contributed by atoms with Crippen molar-refractivity contribution in [1.29, 1.82) is 0 Å². The summed E-state index contributed by atoms with van der Waals surface area (Å²) in [5.74, 6) is 1.25. The predicted octanol–water partition coefficient (Wildman–Crippen LogP) is 4.58. The molecule has 1 amide bonds. The van der Waals surface area contributed by atoms with E-state index in [1.165, 1.54) is 29.5 Å². The minimum Gasteiger partial charge on any atom is -0.349 e. The topological polar surface area (TPSA) is 103 Å². The van der Waals surface area contributed by atoms with Crippen LogP contribution >= 0.6 is 11.8 Å². The number of non-ortho nitro benzene ring substituents is 1. The molecule has 2 aromatic carbocycles. The minimum atomic E-state index is -0.432. The molecule has 0 fully saturated rings. The first kappa shape index (κ1) is 22.5. The number of nitro groups is 1. The van der Waals surface area contributed by atoms with Crippen molar-refractivity contribution in [3.8, 4) is 5.69 Å². The van der Waals surface area contributed by atoms with Gasteiger partial charge in [-0.3, -0.25) is 19.5 Å². The second-order valence-electron chi connectivity index (χ2n) is 7.17. The van der Waals surface area contributed by atoms with E-state index in [1.54, 1.807) is 12.1 Å². The van der Waals surface area contributed by atoms with Gasteiger partial charge in [0.2, 0.25) is 5.91 Å². The Morgan fingerprint density at radius 2 is 1.97 bits per heavy atom. The van der Waals surface area contributed by atoms with Crippen molar-refractivity contribution in [2.45, 2.75) is 50.6 Å². The standard InChI is InChI=1S/C22H25N5O3S/c1-3-4-8-21(28)23-14-20-24-25-22(31-15-17-7-5-6-16(2)13-17)26(20)18-9-11-19(12-10-18)27(29)30/h5-7,9-13H,3-4,8,14-15H2,1-2H3,(H,23,28). The lowest BCUT2D eigenvalue weighted by Gasteiger charge is -2.11. The fourth-order valence-electron chi connectivity index (χ4n) is 3.04. The number of hydrogen-bond donors (Lipinski definition) is 1. The molecule has 1 N–H and O–H groups in total. The smallest absolute Gasteiger partial charge is 0.269 e. The summed E-state index contributed by atoms with van der Waals surface area (Å²) in [5, 5.41) is 23.1. The molecule has 9 heteroatoms. The lowest BCUT2D eigenvalue weighted by Crippen LogP contribution is -2.24. The number of rotatable bonds is 10. The molecular formula is C22H25N5O3S. The van der Waals surface area contributed by atoms with Gasteiger partial charge in [0.25, 0.3) is 5.69 Å². The Morgan fingerprint density at radius 1 is 1.19 bits per heavy atom. The van der Waals surface area contributed by atoms with Gasteiger partial charge in [-0.15, -0.1) is 10.2 Å². The first-order chi connectivity index (χ1) is 15.0. The van der Waals surface area contributed by atoms with Crippen molar-refractivity contribution in [3.63, 3.8) is 0 Å². The normalized spacial score (nSPS) is 10.8. The number of carbonyl (C=O) groups excluding carboxylic acids is 1. The van der Waals surface area contributed by atoms with Crippen LogP contribution in [0.4, 0.5) is 5.69 Å². The van der Waals surface area contributed by atoms with Gasteiger partial charge in [0, 0.05) is 30.0 Å². The minimum absolute atomic E-state index is 0.0141. The van der Waals surface area contributed by atoms with Crippen LogP contribution < -0.4 is 5.32 Å². The van der Waals surface area contributed by atoms with Gasteiger partial charge in [0.05, 0.1) is 11.5 Å². The molecule has 0 aliphatic heterocycles. The molecule has 0 aliphatic carbocycles. The van der Waals surface area contributed by atoms with Gasteiger partial charge in [0.15, 0.2) is 11.0 Å². The van der Waals surface area contributed by atoms with Crippen LogP contribution in [-0.4, -0.2) is 25.6 Å². The largest absolute Gasteiger partial charge is 0.349 e. The number of nitro benzene ring substituents is 1. The van der Waals surface area contributed by atoms with Crippen LogP contribution in [0.5, 0.6) is 0 Å². The monoisotopic (exact) mass is 439 g/mol. The van der Waals surface area contributed by atoms with Gasteiger partial charge in [-0.05, 0) is 31.0 Å². The van der Waals surface area contributed by atoms with E-state index in [0.29, 0.717) is 28.8 Å². The van der Waals surface area contributed by atoms with E-state index in [0.717, 1.165) is 18.4 Å². The molecule has 0 bridgehead atoms. The number of aryl methyl sites for hydroxylation is 1. The second-order valence-corrected chi connectivity index (χ2v) is 8.11. The molecule has 1 heterocycles. The number of amides is 1. The van der Waals surface area contributed by atoms with Crippen LogP contribution in [0.15, 0.2) is 53.7 Å². The van der Waals surface area contributed by atoms with E-state index in [4.69, 9.17) is 0 Å². The average molecular weight is 440 g/mol. The number of nitrogens with zero attached hydrogens (tertiary/aromatic N) is 4.